The monoisotopic (exact) mass is 447 g/mol. The lowest BCUT2D eigenvalue weighted by Crippen LogP contribution is -2.14. The number of carbonyl (C=O) groups is 1. The molecule has 32 heavy (non-hydrogen) atoms. The van der Waals surface area contributed by atoms with Gasteiger partial charge in [0.05, 0.1) is 28.8 Å². The minimum absolute atomic E-state index is 0.155. The minimum Gasteiger partial charge on any atom is -0.339 e. The van der Waals surface area contributed by atoms with E-state index < -0.39 is 0 Å². The third-order valence-electron chi connectivity index (χ3n) is 4.78. The Morgan fingerprint density at radius 2 is 2.12 bits per heavy atom. The summed E-state index contributed by atoms with van der Waals surface area (Å²) in [6.07, 6.45) is 4.12. The first-order valence-electron chi connectivity index (χ1n) is 9.86. The van der Waals surface area contributed by atoms with Gasteiger partial charge in [-0.15, -0.1) is 11.3 Å². The predicted molar refractivity (Wildman–Crippen MR) is 119 cm³/mol. The van der Waals surface area contributed by atoms with Gasteiger partial charge in [-0.1, -0.05) is 23.4 Å². The van der Waals surface area contributed by atoms with Crippen molar-refractivity contribution in [2.75, 3.05) is 5.32 Å². The second-order valence-electron chi connectivity index (χ2n) is 6.93. The van der Waals surface area contributed by atoms with Crippen LogP contribution in [0.5, 0.6) is 0 Å². The summed E-state index contributed by atoms with van der Waals surface area (Å²) in [5, 5.41) is 13.5. The fourth-order valence-electron chi connectivity index (χ4n) is 3.27. The number of benzene rings is 1. The van der Waals surface area contributed by atoms with Crippen LogP contribution >= 0.6 is 11.3 Å². The first-order valence-corrected chi connectivity index (χ1v) is 10.7. The molecule has 11 heteroatoms. The summed E-state index contributed by atoms with van der Waals surface area (Å²) in [5.41, 5.74) is 1.33. The number of aromatic amines is 1. The van der Waals surface area contributed by atoms with Crippen molar-refractivity contribution in [1.29, 1.82) is 0 Å². The van der Waals surface area contributed by atoms with Gasteiger partial charge in [-0.3, -0.25) is 9.59 Å². The zero-order chi connectivity index (χ0) is 21.9. The fourth-order valence-corrected chi connectivity index (χ4v) is 3.92. The van der Waals surface area contributed by atoms with E-state index in [-0.39, 0.29) is 17.9 Å². The quantitative estimate of drug-likeness (QED) is 0.392. The SMILES string of the molecule is O=C(CCCc1nc(-c2cccs2)no1)Nc1ccccc1-n1ncc2c(=O)[nH]cnc21. The Labute approximate surface area is 184 Å². The van der Waals surface area contributed by atoms with Crippen LogP contribution in [0.2, 0.25) is 0 Å². The molecule has 0 aliphatic carbocycles. The van der Waals surface area contributed by atoms with E-state index in [2.05, 4.69) is 30.5 Å². The van der Waals surface area contributed by atoms with Crippen molar-refractivity contribution in [2.24, 2.45) is 0 Å². The molecule has 0 unspecified atom stereocenters. The first-order chi connectivity index (χ1) is 15.7. The maximum Gasteiger partial charge on any atom is 0.261 e. The van der Waals surface area contributed by atoms with Crippen LogP contribution in [0.25, 0.3) is 27.4 Å². The second kappa shape index (κ2) is 8.55. The molecule has 1 amide bonds. The molecule has 4 aromatic heterocycles. The largest absolute Gasteiger partial charge is 0.339 e. The standard InChI is InChI=1S/C21H17N7O3S/c29-17(8-3-9-18-26-19(27-31-18)16-7-4-10-32-16)25-14-5-1-2-6-15(14)28-20-13(11-24-28)21(30)23-12-22-20/h1-2,4-7,10-12H,3,8-9H2,(H,25,29)(H,22,23,30). The predicted octanol–water partition coefficient (Wildman–Crippen LogP) is 3.18. The molecular formula is C21H17N7O3S. The van der Waals surface area contributed by atoms with Crippen molar-refractivity contribution in [3.8, 4) is 16.4 Å². The summed E-state index contributed by atoms with van der Waals surface area (Å²) in [6, 6.07) is 11.1. The van der Waals surface area contributed by atoms with Crippen molar-refractivity contribution >= 4 is 34.0 Å². The zero-order valence-electron chi connectivity index (χ0n) is 16.7. The Kier molecular flexibility index (Phi) is 5.30. The summed E-state index contributed by atoms with van der Waals surface area (Å²) < 4.78 is 6.81. The van der Waals surface area contributed by atoms with Crippen molar-refractivity contribution in [3.63, 3.8) is 0 Å². The number of para-hydroxylation sites is 2. The number of anilines is 1. The van der Waals surface area contributed by atoms with Crippen LogP contribution in [0.3, 0.4) is 0 Å². The average molecular weight is 447 g/mol. The third-order valence-corrected chi connectivity index (χ3v) is 5.65. The highest BCUT2D eigenvalue weighted by Crippen LogP contribution is 2.23. The second-order valence-corrected chi connectivity index (χ2v) is 7.88. The normalized spacial score (nSPS) is 11.1. The van der Waals surface area contributed by atoms with Gasteiger partial charge in [0.25, 0.3) is 5.56 Å². The molecule has 0 radical (unpaired) electrons. The van der Waals surface area contributed by atoms with E-state index in [4.69, 9.17) is 4.52 Å². The molecule has 0 saturated heterocycles. The van der Waals surface area contributed by atoms with Gasteiger partial charge in [0.15, 0.2) is 5.65 Å². The lowest BCUT2D eigenvalue weighted by atomic mass is 10.2. The summed E-state index contributed by atoms with van der Waals surface area (Å²) in [6.45, 7) is 0. The number of fused-ring (bicyclic) bond motifs is 1. The number of aromatic nitrogens is 6. The van der Waals surface area contributed by atoms with Crippen molar-refractivity contribution < 1.29 is 9.32 Å². The van der Waals surface area contributed by atoms with Gasteiger partial charge in [-0.2, -0.15) is 10.1 Å². The highest BCUT2D eigenvalue weighted by atomic mass is 32.1. The lowest BCUT2D eigenvalue weighted by molar-refractivity contribution is -0.116. The van der Waals surface area contributed by atoms with Gasteiger partial charge < -0.3 is 14.8 Å². The zero-order valence-corrected chi connectivity index (χ0v) is 17.5. The Morgan fingerprint density at radius 1 is 1.22 bits per heavy atom. The smallest absolute Gasteiger partial charge is 0.261 e. The number of rotatable bonds is 7. The van der Waals surface area contributed by atoms with E-state index in [1.54, 1.807) is 23.5 Å². The summed E-state index contributed by atoms with van der Waals surface area (Å²) in [4.78, 5) is 36.6. The number of carbonyl (C=O) groups excluding carboxylic acids is 1. The summed E-state index contributed by atoms with van der Waals surface area (Å²) in [7, 11) is 0. The number of nitrogens with one attached hydrogen (secondary N) is 2. The average Bonchev–Trinajstić information content (AvgIpc) is 3.55. The van der Waals surface area contributed by atoms with E-state index >= 15 is 0 Å². The highest BCUT2D eigenvalue weighted by Gasteiger charge is 2.14. The number of aryl methyl sites for hydroxylation is 1. The Bertz CT molecular complexity index is 1440. The molecule has 0 fully saturated rings. The maximum absolute atomic E-state index is 12.6. The van der Waals surface area contributed by atoms with Gasteiger partial charge in [0, 0.05) is 12.8 Å². The number of hydrogen-bond donors (Lipinski definition) is 2. The topological polar surface area (TPSA) is 132 Å². The Balaban J connectivity index is 1.25. The Hall–Kier alpha value is -4.12. The third kappa shape index (κ3) is 3.93. The van der Waals surface area contributed by atoms with Gasteiger partial charge >= 0.3 is 0 Å². The number of hydrogen-bond acceptors (Lipinski definition) is 8. The molecule has 0 bridgehead atoms. The Morgan fingerprint density at radius 3 is 3.00 bits per heavy atom. The van der Waals surface area contributed by atoms with Crippen molar-refractivity contribution in [3.05, 3.63) is 70.5 Å². The molecule has 0 spiro atoms. The number of thiophene rings is 1. The molecule has 1 aromatic carbocycles. The van der Waals surface area contributed by atoms with E-state index in [1.165, 1.54) is 17.2 Å². The van der Waals surface area contributed by atoms with E-state index in [9.17, 15) is 9.59 Å². The molecule has 4 heterocycles. The number of H-pyrrole nitrogens is 1. The van der Waals surface area contributed by atoms with Crippen LogP contribution in [-0.4, -0.2) is 35.8 Å². The van der Waals surface area contributed by atoms with Crippen molar-refractivity contribution in [2.45, 2.75) is 19.3 Å². The van der Waals surface area contributed by atoms with Crippen molar-refractivity contribution in [1.82, 2.24) is 29.9 Å². The molecule has 0 aliphatic heterocycles. The van der Waals surface area contributed by atoms with Crippen LogP contribution in [0.15, 0.2) is 63.6 Å². The highest BCUT2D eigenvalue weighted by molar-refractivity contribution is 7.13. The van der Waals surface area contributed by atoms with Gasteiger partial charge in [0.1, 0.15) is 5.39 Å². The molecule has 5 rings (SSSR count). The van der Waals surface area contributed by atoms with Crippen LogP contribution in [0.1, 0.15) is 18.7 Å². The van der Waals surface area contributed by atoms with Crippen LogP contribution in [-0.2, 0) is 11.2 Å². The summed E-state index contributed by atoms with van der Waals surface area (Å²) >= 11 is 1.54. The van der Waals surface area contributed by atoms with Crippen LogP contribution < -0.4 is 10.9 Å². The maximum atomic E-state index is 12.6. The van der Waals surface area contributed by atoms with Crippen LogP contribution in [0, 0.1) is 0 Å². The lowest BCUT2D eigenvalue weighted by Gasteiger charge is -2.11. The van der Waals surface area contributed by atoms with Crippen LogP contribution in [0.4, 0.5) is 5.69 Å². The number of amides is 1. The fraction of sp³-hybridized carbons (Fsp3) is 0.143. The minimum atomic E-state index is -0.272. The molecular weight excluding hydrogens is 430 g/mol. The van der Waals surface area contributed by atoms with E-state index in [0.717, 1.165) is 4.88 Å². The van der Waals surface area contributed by atoms with E-state index in [1.807, 2.05) is 29.6 Å². The molecule has 0 atom stereocenters. The van der Waals surface area contributed by atoms with Gasteiger partial charge in [0.2, 0.25) is 17.6 Å². The van der Waals surface area contributed by atoms with Gasteiger partial charge in [-0.05, 0) is 30.0 Å². The van der Waals surface area contributed by atoms with E-state index in [0.29, 0.717) is 47.0 Å². The van der Waals surface area contributed by atoms with Gasteiger partial charge in [-0.25, -0.2) is 9.67 Å². The first kappa shape index (κ1) is 19.8. The molecule has 160 valence electrons. The molecule has 2 N–H and O–H groups in total. The molecule has 0 saturated carbocycles. The number of nitrogens with zero attached hydrogens (tertiary/aromatic N) is 5. The molecule has 5 aromatic rings. The molecule has 10 nitrogen and oxygen atoms in total. The molecule has 0 aliphatic rings. The summed E-state index contributed by atoms with van der Waals surface area (Å²) in [5.74, 6) is 0.908.